The number of hydrogen-bond acceptors (Lipinski definition) is 1. The molecule has 1 aromatic carbocycles. The van der Waals surface area contributed by atoms with Crippen LogP contribution >= 0.6 is 15.9 Å². The van der Waals surface area contributed by atoms with Crippen LogP contribution in [-0.4, -0.2) is 11.1 Å². The summed E-state index contributed by atoms with van der Waals surface area (Å²) >= 11 is 3.53. The summed E-state index contributed by atoms with van der Waals surface area (Å²) in [7, 11) is 0. The molecule has 0 saturated carbocycles. The van der Waals surface area contributed by atoms with Crippen LogP contribution in [0.4, 0.5) is 0 Å². The fourth-order valence-electron chi connectivity index (χ4n) is 2.06. The van der Waals surface area contributed by atoms with E-state index in [1.54, 1.807) is 0 Å². The highest BCUT2D eigenvalue weighted by Crippen LogP contribution is 2.23. The predicted molar refractivity (Wildman–Crippen MR) is 72.7 cm³/mol. The molecule has 0 amide bonds. The van der Waals surface area contributed by atoms with Crippen LogP contribution in [0.3, 0.4) is 0 Å². The first-order valence-corrected chi connectivity index (χ1v) is 6.54. The van der Waals surface area contributed by atoms with E-state index >= 15 is 0 Å². The van der Waals surface area contributed by atoms with Crippen LogP contribution < -0.4 is 5.32 Å². The van der Waals surface area contributed by atoms with Gasteiger partial charge in [-0.3, -0.25) is 0 Å². The lowest BCUT2D eigenvalue weighted by atomic mass is 10.2. The van der Waals surface area contributed by atoms with Crippen LogP contribution in [0, 0.1) is 0 Å². The van der Waals surface area contributed by atoms with Crippen LogP contribution in [-0.2, 0) is 13.1 Å². The number of hydrogen-bond donors (Lipinski definition) is 1. The summed E-state index contributed by atoms with van der Waals surface area (Å²) in [5.41, 5.74) is 2.67. The molecule has 0 unspecified atom stereocenters. The van der Waals surface area contributed by atoms with Gasteiger partial charge in [-0.2, -0.15) is 0 Å². The Balaban J connectivity index is 2.49. The van der Waals surface area contributed by atoms with E-state index in [4.69, 9.17) is 0 Å². The first-order valence-electron chi connectivity index (χ1n) is 5.74. The molecule has 2 aromatic rings. The van der Waals surface area contributed by atoms with Gasteiger partial charge in [0.05, 0.1) is 0 Å². The van der Waals surface area contributed by atoms with Crippen LogP contribution in [0.15, 0.2) is 28.7 Å². The second kappa shape index (κ2) is 5.02. The molecule has 1 heterocycles. The summed E-state index contributed by atoms with van der Waals surface area (Å²) in [5, 5.41) is 4.70. The van der Waals surface area contributed by atoms with E-state index in [1.165, 1.54) is 16.6 Å². The van der Waals surface area contributed by atoms with Gasteiger partial charge < -0.3 is 9.88 Å². The standard InChI is InChI=1S/C13H17BrN2/c1-3-15-9-12-7-10-5-6-11(14)8-13(10)16(12)4-2/h5-8,15H,3-4,9H2,1-2H3. The van der Waals surface area contributed by atoms with Crippen molar-refractivity contribution in [3.05, 3.63) is 34.4 Å². The van der Waals surface area contributed by atoms with E-state index in [9.17, 15) is 0 Å². The first-order chi connectivity index (χ1) is 7.76. The SMILES string of the molecule is CCNCc1cc2ccc(Br)cc2n1CC. The van der Waals surface area contributed by atoms with Gasteiger partial charge in [0.15, 0.2) is 0 Å². The summed E-state index contributed by atoms with van der Waals surface area (Å²) in [4.78, 5) is 0. The third-order valence-corrected chi connectivity index (χ3v) is 3.32. The molecule has 3 heteroatoms. The van der Waals surface area contributed by atoms with Gasteiger partial charge in [-0.15, -0.1) is 0 Å². The number of aromatic nitrogens is 1. The van der Waals surface area contributed by atoms with E-state index in [1.807, 2.05) is 0 Å². The van der Waals surface area contributed by atoms with E-state index in [0.717, 1.165) is 24.1 Å². The van der Waals surface area contributed by atoms with Crippen molar-refractivity contribution in [3.63, 3.8) is 0 Å². The molecular formula is C13H17BrN2. The van der Waals surface area contributed by atoms with Crippen molar-refractivity contribution < 1.29 is 0 Å². The Hall–Kier alpha value is -0.800. The zero-order valence-electron chi connectivity index (χ0n) is 9.76. The topological polar surface area (TPSA) is 17.0 Å². The lowest BCUT2D eigenvalue weighted by Crippen LogP contribution is -2.14. The molecule has 16 heavy (non-hydrogen) atoms. The van der Waals surface area contributed by atoms with Gasteiger partial charge >= 0.3 is 0 Å². The molecule has 0 spiro atoms. The summed E-state index contributed by atoms with van der Waals surface area (Å²) in [6.45, 7) is 7.29. The Labute approximate surface area is 105 Å². The monoisotopic (exact) mass is 280 g/mol. The predicted octanol–water partition coefficient (Wildman–Crippen LogP) is 3.53. The second-order valence-electron chi connectivity index (χ2n) is 3.86. The molecular weight excluding hydrogens is 264 g/mol. The molecule has 2 rings (SSSR count). The molecule has 0 radical (unpaired) electrons. The quantitative estimate of drug-likeness (QED) is 0.907. The molecule has 86 valence electrons. The van der Waals surface area contributed by atoms with Crippen molar-refractivity contribution in [2.45, 2.75) is 26.9 Å². The van der Waals surface area contributed by atoms with Gasteiger partial charge in [-0.25, -0.2) is 0 Å². The Kier molecular flexibility index (Phi) is 3.66. The number of nitrogens with one attached hydrogen (secondary N) is 1. The summed E-state index contributed by atoms with van der Waals surface area (Å²) in [6.07, 6.45) is 0. The molecule has 0 atom stereocenters. The second-order valence-corrected chi connectivity index (χ2v) is 4.78. The van der Waals surface area contributed by atoms with Crippen LogP contribution in [0.2, 0.25) is 0 Å². The van der Waals surface area contributed by atoms with Crippen LogP contribution in [0.1, 0.15) is 19.5 Å². The van der Waals surface area contributed by atoms with E-state index < -0.39 is 0 Å². The van der Waals surface area contributed by atoms with Crippen LogP contribution in [0.25, 0.3) is 10.9 Å². The lowest BCUT2D eigenvalue weighted by molar-refractivity contribution is 0.656. The highest BCUT2D eigenvalue weighted by Gasteiger charge is 2.06. The minimum atomic E-state index is 0.941. The molecule has 0 fully saturated rings. The average Bonchev–Trinajstić information content (AvgIpc) is 2.63. The number of nitrogens with zero attached hydrogens (tertiary/aromatic N) is 1. The number of benzene rings is 1. The van der Waals surface area contributed by atoms with Crippen molar-refractivity contribution in [1.82, 2.24) is 9.88 Å². The van der Waals surface area contributed by atoms with Gasteiger partial charge in [0.25, 0.3) is 0 Å². The van der Waals surface area contributed by atoms with Gasteiger partial charge in [0.1, 0.15) is 0 Å². The number of aryl methyl sites for hydroxylation is 1. The fraction of sp³-hybridized carbons (Fsp3) is 0.385. The maximum Gasteiger partial charge on any atom is 0.0494 e. The minimum Gasteiger partial charge on any atom is -0.344 e. The smallest absolute Gasteiger partial charge is 0.0494 e. The van der Waals surface area contributed by atoms with Crippen molar-refractivity contribution in [2.24, 2.45) is 0 Å². The number of fused-ring (bicyclic) bond motifs is 1. The highest BCUT2D eigenvalue weighted by atomic mass is 79.9. The highest BCUT2D eigenvalue weighted by molar-refractivity contribution is 9.10. The number of rotatable bonds is 4. The van der Waals surface area contributed by atoms with E-state index in [-0.39, 0.29) is 0 Å². The largest absolute Gasteiger partial charge is 0.344 e. The molecule has 0 aliphatic heterocycles. The van der Waals surface area contributed by atoms with Crippen molar-refractivity contribution >= 4 is 26.8 Å². The summed E-state index contributed by atoms with van der Waals surface area (Å²) in [6, 6.07) is 8.72. The number of halogens is 1. The maximum absolute atomic E-state index is 3.53. The van der Waals surface area contributed by atoms with Crippen molar-refractivity contribution in [3.8, 4) is 0 Å². The minimum absolute atomic E-state index is 0.941. The van der Waals surface area contributed by atoms with E-state index in [0.29, 0.717) is 0 Å². The first kappa shape index (κ1) is 11.7. The normalized spacial score (nSPS) is 11.2. The summed E-state index contributed by atoms with van der Waals surface area (Å²) in [5.74, 6) is 0. The Morgan fingerprint density at radius 2 is 2.06 bits per heavy atom. The van der Waals surface area contributed by atoms with Crippen LogP contribution in [0.5, 0.6) is 0 Å². The molecule has 0 bridgehead atoms. The fourth-order valence-corrected chi connectivity index (χ4v) is 2.41. The lowest BCUT2D eigenvalue weighted by Gasteiger charge is -2.08. The zero-order chi connectivity index (χ0) is 11.5. The van der Waals surface area contributed by atoms with E-state index in [2.05, 4.69) is 63.9 Å². The molecule has 2 nitrogen and oxygen atoms in total. The van der Waals surface area contributed by atoms with Crippen molar-refractivity contribution in [1.29, 1.82) is 0 Å². The average molecular weight is 281 g/mol. The zero-order valence-corrected chi connectivity index (χ0v) is 11.3. The Morgan fingerprint density at radius 3 is 2.75 bits per heavy atom. The maximum atomic E-state index is 3.53. The van der Waals surface area contributed by atoms with Gasteiger partial charge in [-0.05, 0) is 37.1 Å². The van der Waals surface area contributed by atoms with Gasteiger partial charge in [-0.1, -0.05) is 28.9 Å². The van der Waals surface area contributed by atoms with Gasteiger partial charge in [0.2, 0.25) is 0 Å². The Morgan fingerprint density at radius 1 is 1.25 bits per heavy atom. The molecule has 0 aliphatic rings. The Bertz CT molecular complexity index is 488. The third-order valence-electron chi connectivity index (χ3n) is 2.82. The molecule has 0 saturated heterocycles. The molecule has 1 N–H and O–H groups in total. The third kappa shape index (κ3) is 2.15. The summed E-state index contributed by atoms with van der Waals surface area (Å²) < 4.78 is 3.51. The van der Waals surface area contributed by atoms with Crippen molar-refractivity contribution in [2.75, 3.05) is 6.54 Å². The molecule has 0 aliphatic carbocycles. The van der Waals surface area contributed by atoms with Gasteiger partial charge in [0, 0.05) is 28.8 Å². The molecule has 1 aromatic heterocycles.